The molecule has 0 radical (unpaired) electrons. The van der Waals surface area contributed by atoms with Crippen LogP contribution in [0.25, 0.3) is 11.0 Å². The van der Waals surface area contributed by atoms with Gasteiger partial charge in [0.1, 0.15) is 18.1 Å². The molecule has 1 N–H and O–H groups in total. The lowest BCUT2D eigenvalue weighted by molar-refractivity contribution is -0.121. The Morgan fingerprint density at radius 1 is 1.41 bits per heavy atom. The fraction of sp³-hybridized carbons (Fsp3) is 0.133. The molecular weight excluding hydrogens is 348 g/mol. The third-order valence-electron chi connectivity index (χ3n) is 3.12. The molecule has 7 heteroatoms. The van der Waals surface area contributed by atoms with Gasteiger partial charge in [0.05, 0.1) is 17.2 Å². The summed E-state index contributed by atoms with van der Waals surface area (Å²) in [6.07, 6.45) is 1.45. The highest BCUT2D eigenvalue weighted by Gasteiger charge is 2.09. The Kier molecular flexibility index (Phi) is 4.06. The molecule has 3 aromatic rings. The zero-order valence-corrected chi connectivity index (χ0v) is 13.4. The molecule has 112 valence electrons. The molecule has 0 saturated heterocycles. The number of hydrazone groups is 1. The molecule has 2 aromatic heterocycles. The lowest BCUT2D eigenvalue weighted by atomic mass is 10.3. The summed E-state index contributed by atoms with van der Waals surface area (Å²) in [5.41, 5.74) is 4.27. The number of rotatable bonds is 4. The van der Waals surface area contributed by atoms with Crippen molar-refractivity contribution >= 4 is 39.1 Å². The van der Waals surface area contributed by atoms with E-state index in [4.69, 9.17) is 4.42 Å². The third kappa shape index (κ3) is 3.09. The Morgan fingerprint density at radius 3 is 3.00 bits per heavy atom. The Hall–Kier alpha value is -2.41. The molecule has 1 amide bonds. The van der Waals surface area contributed by atoms with Crippen LogP contribution in [0.5, 0.6) is 0 Å². The molecule has 3 rings (SSSR count). The van der Waals surface area contributed by atoms with Gasteiger partial charge in [-0.1, -0.05) is 12.1 Å². The lowest BCUT2D eigenvalue weighted by Gasteiger charge is -2.05. The molecule has 2 heterocycles. The summed E-state index contributed by atoms with van der Waals surface area (Å²) in [6, 6.07) is 11.2. The Bertz CT molecular complexity index is 850. The fourth-order valence-corrected chi connectivity index (χ4v) is 2.46. The molecule has 22 heavy (non-hydrogen) atoms. The molecule has 6 nitrogen and oxygen atoms in total. The first-order valence-corrected chi connectivity index (χ1v) is 7.42. The van der Waals surface area contributed by atoms with E-state index in [0.29, 0.717) is 10.4 Å². The second-order valence-corrected chi connectivity index (χ2v) is 5.45. The molecule has 0 atom stereocenters. The SMILES string of the molecule is Cc1nc2ccccc2n1CC(=O)N/N=C\c1ccc(Br)o1. The van der Waals surface area contributed by atoms with Gasteiger partial charge in [-0.3, -0.25) is 4.79 Å². The van der Waals surface area contributed by atoms with Crippen molar-refractivity contribution in [2.75, 3.05) is 0 Å². The number of aryl methyl sites for hydroxylation is 1. The van der Waals surface area contributed by atoms with E-state index in [2.05, 4.69) is 31.4 Å². The maximum atomic E-state index is 12.0. The summed E-state index contributed by atoms with van der Waals surface area (Å²) in [5, 5.41) is 3.87. The number of hydrogen-bond acceptors (Lipinski definition) is 4. The number of carbonyl (C=O) groups excluding carboxylic acids is 1. The summed E-state index contributed by atoms with van der Waals surface area (Å²) in [6.45, 7) is 2.03. The van der Waals surface area contributed by atoms with E-state index in [1.54, 1.807) is 12.1 Å². The Labute approximate surface area is 135 Å². The Balaban J connectivity index is 1.68. The predicted molar refractivity (Wildman–Crippen MR) is 86.6 cm³/mol. The number of fused-ring (bicyclic) bond motifs is 1. The van der Waals surface area contributed by atoms with Gasteiger partial charge in [0.15, 0.2) is 4.67 Å². The van der Waals surface area contributed by atoms with Crippen LogP contribution in [0, 0.1) is 6.92 Å². The smallest absolute Gasteiger partial charge is 0.260 e. The van der Waals surface area contributed by atoms with Gasteiger partial charge in [-0.05, 0) is 47.1 Å². The van der Waals surface area contributed by atoms with Crippen molar-refractivity contribution in [3.8, 4) is 0 Å². The van der Waals surface area contributed by atoms with Crippen LogP contribution >= 0.6 is 15.9 Å². The van der Waals surface area contributed by atoms with Crippen LogP contribution in [-0.2, 0) is 11.3 Å². The van der Waals surface area contributed by atoms with Crippen LogP contribution in [0.4, 0.5) is 0 Å². The summed E-state index contributed by atoms with van der Waals surface area (Å²) < 4.78 is 7.71. The highest BCUT2D eigenvalue weighted by molar-refractivity contribution is 9.10. The maximum absolute atomic E-state index is 12.0. The van der Waals surface area contributed by atoms with E-state index in [1.165, 1.54) is 6.21 Å². The van der Waals surface area contributed by atoms with Crippen LogP contribution in [0.1, 0.15) is 11.6 Å². The van der Waals surface area contributed by atoms with Crippen molar-refractivity contribution in [2.24, 2.45) is 5.10 Å². The van der Waals surface area contributed by atoms with Crippen LogP contribution in [-0.4, -0.2) is 21.7 Å². The molecule has 0 bridgehead atoms. The van der Waals surface area contributed by atoms with Gasteiger partial charge in [0, 0.05) is 0 Å². The molecule has 0 aliphatic rings. The zero-order chi connectivity index (χ0) is 15.5. The molecule has 0 spiro atoms. The minimum absolute atomic E-state index is 0.158. The summed E-state index contributed by atoms with van der Waals surface area (Å²) in [5.74, 6) is 1.11. The van der Waals surface area contributed by atoms with E-state index >= 15 is 0 Å². The number of aromatic nitrogens is 2. The molecule has 0 aliphatic heterocycles. The molecule has 0 aliphatic carbocycles. The summed E-state index contributed by atoms with van der Waals surface area (Å²) in [7, 11) is 0. The van der Waals surface area contributed by atoms with Crippen LogP contribution in [0.15, 0.2) is 50.6 Å². The summed E-state index contributed by atoms with van der Waals surface area (Å²) >= 11 is 3.20. The van der Waals surface area contributed by atoms with E-state index in [1.807, 2.05) is 35.8 Å². The molecule has 1 aromatic carbocycles. The fourth-order valence-electron chi connectivity index (χ4n) is 2.14. The second-order valence-electron chi connectivity index (χ2n) is 4.67. The number of hydrogen-bond donors (Lipinski definition) is 1. The topological polar surface area (TPSA) is 72.4 Å². The molecule has 0 unspecified atom stereocenters. The number of para-hydroxylation sites is 2. The van der Waals surface area contributed by atoms with Gasteiger partial charge in [0.2, 0.25) is 0 Å². The van der Waals surface area contributed by atoms with Crippen molar-refractivity contribution in [1.82, 2.24) is 15.0 Å². The van der Waals surface area contributed by atoms with E-state index in [9.17, 15) is 4.79 Å². The molecule has 0 saturated carbocycles. The second kappa shape index (κ2) is 6.15. The van der Waals surface area contributed by atoms with Crippen LogP contribution in [0.3, 0.4) is 0 Å². The van der Waals surface area contributed by atoms with Crippen molar-refractivity contribution in [3.63, 3.8) is 0 Å². The molecular formula is C15H13BrN4O2. The standard InChI is InChI=1S/C15H13BrN4O2/c1-10-18-12-4-2-3-5-13(12)20(10)9-15(21)19-17-8-11-6-7-14(16)22-11/h2-8H,9H2,1H3,(H,19,21)/b17-8-. The highest BCUT2D eigenvalue weighted by atomic mass is 79.9. The van der Waals surface area contributed by atoms with E-state index in [0.717, 1.165) is 16.9 Å². The summed E-state index contributed by atoms with van der Waals surface area (Å²) in [4.78, 5) is 16.4. The number of nitrogens with one attached hydrogen (secondary N) is 1. The largest absolute Gasteiger partial charge is 0.448 e. The van der Waals surface area contributed by atoms with E-state index in [-0.39, 0.29) is 12.5 Å². The van der Waals surface area contributed by atoms with Gasteiger partial charge in [-0.15, -0.1) is 0 Å². The van der Waals surface area contributed by atoms with Gasteiger partial charge < -0.3 is 8.98 Å². The van der Waals surface area contributed by atoms with Crippen molar-refractivity contribution in [2.45, 2.75) is 13.5 Å². The van der Waals surface area contributed by atoms with Gasteiger partial charge in [0.25, 0.3) is 5.91 Å². The average molecular weight is 361 g/mol. The van der Waals surface area contributed by atoms with Crippen LogP contribution < -0.4 is 5.43 Å². The van der Waals surface area contributed by atoms with Crippen molar-refractivity contribution in [3.05, 3.63) is 52.7 Å². The maximum Gasteiger partial charge on any atom is 0.260 e. The number of furan rings is 1. The molecule has 0 fully saturated rings. The van der Waals surface area contributed by atoms with E-state index < -0.39 is 0 Å². The number of nitrogens with zero attached hydrogens (tertiary/aromatic N) is 3. The van der Waals surface area contributed by atoms with Gasteiger partial charge in [-0.25, -0.2) is 10.4 Å². The van der Waals surface area contributed by atoms with Gasteiger partial charge >= 0.3 is 0 Å². The quantitative estimate of drug-likeness (QED) is 0.574. The number of carbonyl (C=O) groups is 1. The Morgan fingerprint density at radius 2 is 2.23 bits per heavy atom. The van der Waals surface area contributed by atoms with Gasteiger partial charge in [-0.2, -0.15) is 5.10 Å². The lowest BCUT2D eigenvalue weighted by Crippen LogP contribution is -2.23. The minimum atomic E-state index is -0.229. The number of benzene rings is 1. The monoisotopic (exact) mass is 360 g/mol. The predicted octanol–water partition coefficient (Wildman–Crippen LogP) is 2.85. The number of halogens is 1. The third-order valence-corrected chi connectivity index (χ3v) is 3.55. The first-order valence-electron chi connectivity index (χ1n) is 6.62. The minimum Gasteiger partial charge on any atom is -0.448 e. The van der Waals surface area contributed by atoms with Crippen molar-refractivity contribution in [1.29, 1.82) is 0 Å². The zero-order valence-electron chi connectivity index (χ0n) is 11.8. The van der Waals surface area contributed by atoms with Crippen LogP contribution in [0.2, 0.25) is 0 Å². The average Bonchev–Trinajstić information content (AvgIpc) is 3.03. The first-order chi connectivity index (χ1) is 10.6. The normalized spacial score (nSPS) is 11.4. The highest BCUT2D eigenvalue weighted by Crippen LogP contribution is 2.15. The number of imidazole rings is 1. The van der Waals surface area contributed by atoms with Crippen molar-refractivity contribution < 1.29 is 9.21 Å². The number of amides is 1. The first kappa shape index (κ1) is 14.5.